The molecule has 0 unspecified atom stereocenters. The molecule has 1 saturated heterocycles. The normalized spacial score (nSPS) is 19.4. The molecule has 1 atom stereocenters. The van der Waals surface area contributed by atoms with Crippen molar-refractivity contribution in [2.75, 3.05) is 6.54 Å². The fourth-order valence-corrected chi connectivity index (χ4v) is 3.42. The summed E-state index contributed by atoms with van der Waals surface area (Å²) in [6.07, 6.45) is 7.78. The Hall–Kier alpha value is -2.14. The molecule has 0 amide bonds. The van der Waals surface area contributed by atoms with Gasteiger partial charge in [0, 0.05) is 12.2 Å². The van der Waals surface area contributed by atoms with Crippen LogP contribution in [0.3, 0.4) is 0 Å². The Labute approximate surface area is 135 Å². The first-order valence-electron chi connectivity index (χ1n) is 8.35. The number of aryl methyl sites for hydroxylation is 1. The molecular formula is C18H22N4O. The molecule has 1 fully saturated rings. The van der Waals surface area contributed by atoms with Crippen molar-refractivity contribution in [2.45, 2.75) is 45.3 Å². The molecule has 3 aromatic rings. The van der Waals surface area contributed by atoms with Gasteiger partial charge in [-0.1, -0.05) is 18.6 Å². The molecule has 5 nitrogen and oxygen atoms in total. The van der Waals surface area contributed by atoms with Gasteiger partial charge in [-0.3, -0.25) is 9.58 Å². The second-order valence-corrected chi connectivity index (χ2v) is 6.44. The van der Waals surface area contributed by atoms with Crippen molar-refractivity contribution in [3.63, 3.8) is 0 Å². The van der Waals surface area contributed by atoms with Gasteiger partial charge in [-0.2, -0.15) is 5.10 Å². The molecule has 2 aromatic heterocycles. The van der Waals surface area contributed by atoms with E-state index in [-0.39, 0.29) is 0 Å². The molecule has 1 aliphatic heterocycles. The zero-order chi connectivity index (χ0) is 15.6. The summed E-state index contributed by atoms with van der Waals surface area (Å²) in [6, 6.07) is 8.46. The fourth-order valence-electron chi connectivity index (χ4n) is 3.42. The van der Waals surface area contributed by atoms with Crippen LogP contribution in [-0.4, -0.2) is 32.3 Å². The molecule has 3 heterocycles. The van der Waals surface area contributed by atoms with Gasteiger partial charge in [0.05, 0.1) is 19.3 Å². The van der Waals surface area contributed by atoms with Crippen LogP contribution in [0.1, 0.15) is 30.7 Å². The van der Waals surface area contributed by atoms with E-state index < -0.39 is 0 Å². The topological polar surface area (TPSA) is 47.1 Å². The van der Waals surface area contributed by atoms with Crippen molar-refractivity contribution in [1.82, 2.24) is 19.7 Å². The quantitative estimate of drug-likeness (QED) is 0.741. The van der Waals surface area contributed by atoms with E-state index in [0.29, 0.717) is 6.04 Å². The van der Waals surface area contributed by atoms with E-state index in [9.17, 15) is 0 Å². The van der Waals surface area contributed by atoms with E-state index in [0.717, 1.165) is 36.6 Å². The zero-order valence-corrected chi connectivity index (χ0v) is 13.5. The summed E-state index contributed by atoms with van der Waals surface area (Å²) in [6.45, 7) is 4.90. The largest absolute Gasteiger partial charge is 0.439 e. The minimum atomic E-state index is 0.498. The number of aromatic nitrogens is 3. The number of fused-ring (bicyclic) bond motifs is 1. The average molecular weight is 310 g/mol. The molecular weight excluding hydrogens is 288 g/mol. The minimum Gasteiger partial charge on any atom is -0.439 e. The van der Waals surface area contributed by atoms with Gasteiger partial charge in [0.25, 0.3) is 0 Å². The van der Waals surface area contributed by atoms with Gasteiger partial charge in [-0.15, -0.1) is 0 Å². The average Bonchev–Trinajstić information content (AvgIpc) is 3.14. The van der Waals surface area contributed by atoms with Crippen LogP contribution >= 0.6 is 0 Å². The lowest BCUT2D eigenvalue weighted by molar-refractivity contribution is 0.112. The summed E-state index contributed by atoms with van der Waals surface area (Å²) in [5.74, 6) is 0.815. The molecule has 0 bridgehead atoms. The summed E-state index contributed by atoms with van der Waals surface area (Å²) < 4.78 is 7.96. The van der Waals surface area contributed by atoms with Crippen molar-refractivity contribution in [1.29, 1.82) is 0 Å². The number of oxazole rings is 1. The lowest BCUT2D eigenvalue weighted by Gasteiger charge is -2.34. The standard InChI is InChI=1S/C18H22N4O/c1-14-10-19-22(11-14)12-15-6-4-5-9-21(15)13-18-20-16-7-2-3-8-17(16)23-18/h2-3,7-8,10-11,15H,4-6,9,12-13H2,1H3/t15-/m0/s1. The third kappa shape index (κ3) is 3.15. The predicted octanol–water partition coefficient (Wildman–Crippen LogP) is 3.39. The van der Waals surface area contributed by atoms with Crippen LogP contribution < -0.4 is 0 Å². The van der Waals surface area contributed by atoms with Crippen LogP contribution in [0, 0.1) is 6.92 Å². The Balaban J connectivity index is 1.50. The van der Waals surface area contributed by atoms with Gasteiger partial charge in [-0.05, 0) is 44.0 Å². The molecule has 4 rings (SSSR count). The third-order valence-corrected chi connectivity index (χ3v) is 4.59. The second kappa shape index (κ2) is 6.16. The molecule has 23 heavy (non-hydrogen) atoms. The van der Waals surface area contributed by atoms with E-state index in [4.69, 9.17) is 4.42 Å². The van der Waals surface area contributed by atoms with Crippen LogP contribution in [0.25, 0.3) is 11.1 Å². The zero-order valence-electron chi connectivity index (χ0n) is 13.5. The maximum Gasteiger partial charge on any atom is 0.209 e. The van der Waals surface area contributed by atoms with E-state index in [1.807, 2.05) is 30.5 Å². The molecule has 0 aliphatic carbocycles. The van der Waals surface area contributed by atoms with Crippen molar-refractivity contribution in [2.24, 2.45) is 0 Å². The molecule has 120 valence electrons. The highest BCUT2D eigenvalue weighted by Crippen LogP contribution is 2.22. The molecule has 0 spiro atoms. The monoisotopic (exact) mass is 310 g/mol. The first-order valence-corrected chi connectivity index (χ1v) is 8.35. The Morgan fingerprint density at radius 3 is 3.00 bits per heavy atom. The van der Waals surface area contributed by atoms with Gasteiger partial charge >= 0.3 is 0 Å². The molecule has 0 saturated carbocycles. The lowest BCUT2D eigenvalue weighted by atomic mass is 10.0. The number of rotatable bonds is 4. The Kier molecular flexibility index (Phi) is 3.87. The van der Waals surface area contributed by atoms with Crippen LogP contribution in [-0.2, 0) is 13.1 Å². The van der Waals surface area contributed by atoms with Crippen LogP contribution in [0.15, 0.2) is 41.1 Å². The van der Waals surface area contributed by atoms with Crippen LogP contribution in [0.4, 0.5) is 0 Å². The van der Waals surface area contributed by atoms with Crippen molar-refractivity contribution in [3.05, 3.63) is 48.1 Å². The first kappa shape index (κ1) is 14.5. The SMILES string of the molecule is Cc1cnn(C[C@@H]2CCCCN2Cc2nc3ccccc3o2)c1. The highest BCUT2D eigenvalue weighted by Gasteiger charge is 2.24. The number of hydrogen-bond donors (Lipinski definition) is 0. The van der Waals surface area contributed by atoms with Crippen LogP contribution in [0.5, 0.6) is 0 Å². The summed E-state index contributed by atoms with van der Waals surface area (Å²) in [4.78, 5) is 7.11. The predicted molar refractivity (Wildman–Crippen MR) is 89.0 cm³/mol. The molecule has 1 aromatic carbocycles. The molecule has 5 heteroatoms. The summed E-state index contributed by atoms with van der Waals surface area (Å²) >= 11 is 0. The molecule has 0 N–H and O–H groups in total. The third-order valence-electron chi connectivity index (χ3n) is 4.59. The lowest BCUT2D eigenvalue weighted by Crippen LogP contribution is -2.41. The number of likely N-dealkylation sites (tertiary alicyclic amines) is 1. The van der Waals surface area contributed by atoms with Gasteiger partial charge in [0.2, 0.25) is 5.89 Å². The highest BCUT2D eigenvalue weighted by molar-refractivity contribution is 5.72. The number of para-hydroxylation sites is 2. The Bertz CT molecular complexity index is 758. The number of benzene rings is 1. The molecule has 0 radical (unpaired) electrons. The summed E-state index contributed by atoms with van der Waals surface area (Å²) in [5, 5.41) is 4.44. The number of nitrogens with zero attached hydrogens (tertiary/aromatic N) is 4. The van der Waals surface area contributed by atoms with Gasteiger partial charge in [-0.25, -0.2) is 4.98 Å². The van der Waals surface area contributed by atoms with Crippen molar-refractivity contribution in [3.8, 4) is 0 Å². The van der Waals surface area contributed by atoms with E-state index >= 15 is 0 Å². The second-order valence-electron chi connectivity index (χ2n) is 6.44. The van der Waals surface area contributed by atoms with Gasteiger partial charge in [0.15, 0.2) is 5.58 Å². The molecule has 1 aliphatic rings. The Morgan fingerprint density at radius 1 is 1.26 bits per heavy atom. The van der Waals surface area contributed by atoms with Crippen molar-refractivity contribution < 1.29 is 4.42 Å². The van der Waals surface area contributed by atoms with Gasteiger partial charge < -0.3 is 4.42 Å². The Morgan fingerprint density at radius 2 is 2.17 bits per heavy atom. The number of hydrogen-bond acceptors (Lipinski definition) is 4. The number of piperidine rings is 1. The summed E-state index contributed by atoms with van der Waals surface area (Å²) in [5.41, 5.74) is 3.03. The van der Waals surface area contributed by atoms with E-state index in [1.165, 1.54) is 24.8 Å². The van der Waals surface area contributed by atoms with Gasteiger partial charge in [0.1, 0.15) is 5.52 Å². The minimum absolute atomic E-state index is 0.498. The maximum absolute atomic E-state index is 5.90. The summed E-state index contributed by atoms with van der Waals surface area (Å²) in [7, 11) is 0. The fraction of sp³-hybridized carbons (Fsp3) is 0.444. The highest BCUT2D eigenvalue weighted by atomic mass is 16.3. The van der Waals surface area contributed by atoms with E-state index in [2.05, 4.69) is 32.8 Å². The van der Waals surface area contributed by atoms with E-state index in [1.54, 1.807) is 0 Å². The van der Waals surface area contributed by atoms with Crippen LogP contribution in [0.2, 0.25) is 0 Å². The van der Waals surface area contributed by atoms with Crippen molar-refractivity contribution >= 4 is 11.1 Å². The maximum atomic E-state index is 5.90. The smallest absolute Gasteiger partial charge is 0.209 e. The first-order chi connectivity index (χ1) is 11.3.